The topological polar surface area (TPSA) is 50.9 Å². The van der Waals surface area contributed by atoms with E-state index in [4.69, 9.17) is 0 Å². The largest absolute Gasteiger partial charge is 0.368 e. The Hall–Kier alpha value is -2.82. The van der Waals surface area contributed by atoms with Gasteiger partial charge < -0.3 is 14.8 Å². The van der Waals surface area contributed by atoms with Crippen molar-refractivity contribution in [2.45, 2.75) is 12.7 Å². The number of fused-ring (bicyclic) bond motifs is 5. The van der Waals surface area contributed by atoms with E-state index in [9.17, 15) is 8.78 Å². The lowest BCUT2D eigenvalue weighted by molar-refractivity contribution is 0.280. The third-order valence-corrected chi connectivity index (χ3v) is 6.68. The Balaban J connectivity index is 0.00000144. The van der Waals surface area contributed by atoms with Crippen molar-refractivity contribution < 1.29 is 8.78 Å². The van der Waals surface area contributed by atoms with Gasteiger partial charge in [-0.05, 0) is 54.6 Å². The summed E-state index contributed by atoms with van der Waals surface area (Å²) in [5, 5.41) is 7.59. The highest BCUT2D eigenvalue weighted by Crippen LogP contribution is 2.35. The van der Waals surface area contributed by atoms with Crippen LogP contribution in [0.3, 0.4) is 0 Å². The molecule has 2 aliphatic heterocycles. The molecule has 2 aromatic heterocycles. The highest BCUT2D eigenvalue weighted by molar-refractivity contribution is 7.59. The number of rotatable bonds is 4. The first-order valence-corrected chi connectivity index (χ1v) is 11.1. The van der Waals surface area contributed by atoms with Crippen molar-refractivity contribution in [3.05, 3.63) is 72.4 Å². The molecule has 0 spiro atoms. The predicted molar refractivity (Wildman–Crippen MR) is 145 cm³/mol. The van der Waals surface area contributed by atoms with Gasteiger partial charge in [0.05, 0.1) is 11.4 Å². The van der Waals surface area contributed by atoms with E-state index in [1.54, 1.807) is 18.5 Å². The molecule has 0 aliphatic carbocycles. The van der Waals surface area contributed by atoms with E-state index in [0.29, 0.717) is 26.2 Å². The van der Waals surface area contributed by atoms with Crippen molar-refractivity contribution in [3.63, 3.8) is 0 Å². The van der Waals surface area contributed by atoms with E-state index < -0.39 is 6.17 Å². The van der Waals surface area contributed by atoms with Crippen molar-refractivity contribution in [2.24, 2.45) is 5.92 Å². The molecule has 0 amide bonds. The quantitative estimate of drug-likeness (QED) is 0.392. The van der Waals surface area contributed by atoms with Crippen LogP contribution in [0.1, 0.15) is 5.56 Å². The molecule has 1 N–H and O–H groups in total. The molecule has 184 valence electrons. The normalized spacial score (nSPS) is 18.1. The Morgan fingerprint density at radius 3 is 2.60 bits per heavy atom. The smallest absolute Gasteiger partial charge is 0.179 e. The molecule has 10 heteroatoms. The first-order valence-electron chi connectivity index (χ1n) is 11.1. The van der Waals surface area contributed by atoms with Gasteiger partial charge in [0.25, 0.3) is 0 Å². The lowest BCUT2D eigenvalue weighted by Crippen LogP contribution is -2.26. The molecule has 2 aliphatic rings. The molecule has 2 aromatic carbocycles. The molecule has 1 saturated heterocycles. The van der Waals surface area contributed by atoms with Gasteiger partial charge in [-0.2, -0.15) is 32.1 Å². The van der Waals surface area contributed by atoms with E-state index in [1.165, 1.54) is 12.1 Å². The minimum atomic E-state index is -0.840. The van der Waals surface area contributed by atoms with Crippen molar-refractivity contribution >= 4 is 32.7 Å². The lowest BCUT2D eigenvalue weighted by Gasteiger charge is -2.20. The average Bonchev–Trinajstić information content (AvgIpc) is 3.52. The highest BCUT2D eigenvalue weighted by atomic mass is 32.1. The number of alkyl halides is 1. The summed E-state index contributed by atoms with van der Waals surface area (Å²) in [6.07, 6.45) is 2.79. The van der Waals surface area contributed by atoms with Gasteiger partial charge >= 0.3 is 0 Å². The van der Waals surface area contributed by atoms with Crippen LogP contribution in [0, 0.1) is 11.7 Å². The van der Waals surface area contributed by atoms with Gasteiger partial charge in [0, 0.05) is 49.5 Å². The molecule has 0 unspecified atom stereocenters. The van der Waals surface area contributed by atoms with Crippen LogP contribution >= 0.6 is 27.0 Å². The lowest BCUT2D eigenvalue weighted by atomic mass is 10.1. The van der Waals surface area contributed by atoms with Crippen molar-refractivity contribution in [1.29, 1.82) is 0 Å². The maximum atomic E-state index is 14.5. The summed E-state index contributed by atoms with van der Waals surface area (Å²) in [5.41, 5.74) is 5.97. The number of nitrogens with one attached hydrogen (secondary N) is 1. The zero-order chi connectivity index (χ0) is 22.5. The second-order valence-corrected chi connectivity index (χ2v) is 8.80. The second kappa shape index (κ2) is 10.0. The Kier molecular flexibility index (Phi) is 7.25. The van der Waals surface area contributed by atoms with Gasteiger partial charge in [-0.25, -0.2) is 18.4 Å². The zero-order valence-corrected chi connectivity index (χ0v) is 21.2. The minimum Gasteiger partial charge on any atom is -0.368 e. The van der Waals surface area contributed by atoms with Crippen molar-refractivity contribution in [1.82, 2.24) is 24.6 Å². The van der Waals surface area contributed by atoms with Gasteiger partial charge in [0.15, 0.2) is 5.82 Å². The fourth-order valence-corrected chi connectivity index (χ4v) is 5.00. The van der Waals surface area contributed by atoms with Crippen molar-refractivity contribution in [3.8, 4) is 28.3 Å². The van der Waals surface area contributed by atoms with Gasteiger partial charge in [-0.3, -0.25) is 0 Å². The molecule has 6 rings (SSSR count). The summed E-state index contributed by atoms with van der Waals surface area (Å²) in [5.74, 6) is 0.495. The van der Waals surface area contributed by atoms with E-state index in [0.717, 1.165) is 39.6 Å². The van der Waals surface area contributed by atoms with Crippen LogP contribution in [0.15, 0.2) is 61.1 Å². The molecule has 0 saturated carbocycles. The van der Waals surface area contributed by atoms with Crippen molar-refractivity contribution in [2.75, 3.05) is 31.6 Å². The van der Waals surface area contributed by atoms with E-state index in [1.807, 2.05) is 17.8 Å². The molecule has 0 radical (unpaired) electrons. The van der Waals surface area contributed by atoms with Crippen LogP contribution in [0.4, 0.5) is 14.5 Å². The minimum absolute atomic E-state index is 0. The number of anilines is 1. The van der Waals surface area contributed by atoms with Crippen LogP contribution in [-0.2, 0) is 6.54 Å². The number of halogens is 2. The molecule has 0 bridgehead atoms. The second-order valence-electron chi connectivity index (χ2n) is 8.80. The van der Waals surface area contributed by atoms with Gasteiger partial charge in [-0.15, -0.1) is 0 Å². The van der Waals surface area contributed by atoms with Crippen LogP contribution in [-0.4, -0.2) is 52.2 Å². The third kappa shape index (κ3) is 4.46. The SMILES string of the molecule is CNC[C@H]1CN(c2ccc3c(c2)Cn2cc(-c4ccc(F)cc4)cc2-c2ncnn2-3)C[C@H]1F.S.S. The third-order valence-electron chi connectivity index (χ3n) is 6.68. The molecular formula is C25H28F2N6S2. The Labute approximate surface area is 216 Å². The standard InChI is InChI=1S/C25H24F2N6.2H2S/c1-28-10-19-13-31(14-22(19)27)21-6-7-23-18(8-21)12-32-11-17(16-2-4-20(26)5-3-16)9-24(32)25-29-15-30-33(23)25;;/h2-9,11,15,19,22,28H,10,12-14H2,1H3;2*1H2/t19-,22+;;/m0../s1. The maximum Gasteiger partial charge on any atom is 0.179 e. The fourth-order valence-electron chi connectivity index (χ4n) is 5.00. The number of aromatic nitrogens is 4. The number of hydrogen-bond acceptors (Lipinski definition) is 4. The molecule has 4 heterocycles. The van der Waals surface area contributed by atoms with E-state index >= 15 is 0 Å². The number of hydrogen-bond donors (Lipinski definition) is 1. The summed E-state index contributed by atoms with van der Waals surface area (Å²) in [4.78, 5) is 6.65. The number of benzene rings is 2. The molecule has 4 aromatic rings. The molecule has 6 nitrogen and oxygen atoms in total. The molecule has 35 heavy (non-hydrogen) atoms. The predicted octanol–water partition coefficient (Wildman–Crippen LogP) is 4.12. The monoisotopic (exact) mass is 514 g/mol. The van der Waals surface area contributed by atoms with Crippen LogP contribution in [0.5, 0.6) is 0 Å². The maximum absolute atomic E-state index is 14.5. The highest BCUT2D eigenvalue weighted by Gasteiger charge is 2.33. The first kappa shape index (κ1) is 25.3. The number of nitrogens with zero attached hydrogens (tertiary/aromatic N) is 5. The summed E-state index contributed by atoms with van der Waals surface area (Å²) in [7, 11) is 1.86. The Morgan fingerprint density at radius 2 is 1.83 bits per heavy atom. The molecule has 2 atom stereocenters. The fraction of sp³-hybridized carbons (Fsp3) is 0.280. The zero-order valence-electron chi connectivity index (χ0n) is 19.2. The Morgan fingerprint density at radius 1 is 1.03 bits per heavy atom. The summed E-state index contributed by atoms with van der Waals surface area (Å²) in [6, 6.07) is 14.8. The van der Waals surface area contributed by atoms with E-state index in [-0.39, 0.29) is 38.7 Å². The average molecular weight is 515 g/mol. The van der Waals surface area contributed by atoms with E-state index in [2.05, 4.69) is 49.3 Å². The Bertz CT molecular complexity index is 1320. The molecule has 1 fully saturated rings. The van der Waals surface area contributed by atoms with Gasteiger partial charge in [0.1, 0.15) is 18.3 Å². The summed E-state index contributed by atoms with van der Waals surface area (Å²) < 4.78 is 31.9. The first-order chi connectivity index (χ1) is 16.1. The van der Waals surface area contributed by atoms with Gasteiger partial charge in [-0.1, -0.05) is 12.1 Å². The van der Waals surface area contributed by atoms with Gasteiger partial charge in [0.2, 0.25) is 0 Å². The summed E-state index contributed by atoms with van der Waals surface area (Å²) in [6.45, 7) is 2.41. The van der Waals surface area contributed by atoms with Crippen LogP contribution < -0.4 is 10.2 Å². The van der Waals surface area contributed by atoms with Crippen LogP contribution in [0.25, 0.3) is 28.3 Å². The molecular weight excluding hydrogens is 486 g/mol. The van der Waals surface area contributed by atoms with Crippen LogP contribution in [0.2, 0.25) is 0 Å². The summed E-state index contributed by atoms with van der Waals surface area (Å²) >= 11 is 0.